The average Bonchev–Trinajstić information content (AvgIpc) is 3.56. The van der Waals surface area contributed by atoms with Crippen molar-refractivity contribution in [1.82, 2.24) is 4.57 Å². The highest BCUT2D eigenvalue weighted by Gasteiger charge is 2.36. The number of hydrogen-bond acceptors (Lipinski definition) is 9. The van der Waals surface area contributed by atoms with Crippen molar-refractivity contribution in [2.45, 2.75) is 19.9 Å². The van der Waals surface area contributed by atoms with Crippen LogP contribution in [0.4, 0.5) is 5.88 Å². The lowest BCUT2D eigenvalue weighted by Gasteiger charge is -2.27. The van der Waals surface area contributed by atoms with Crippen molar-refractivity contribution in [1.29, 1.82) is 0 Å². The highest BCUT2D eigenvalue weighted by atomic mass is 32.1. The molecule has 2 aromatic carbocycles. The van der Waals surface area contributed by atoms with Crippen LogP contribution in [-0.2, 0) is 14.3 Å². The SMILES string of the molecule is CCOC(=O)C1=C(C)N=c2sc(=Cc3ccc(N4CCOCC4)o3)c(=O)n2[C@H]1c1c(OC)ccc2ccccc12. The smallest absolute Gasteiger partial charge is 0.338 e. The zero-order valence-corrected chi connectivity index (χ0v) is 23.3. The number of aromatic nitrogens is 1. The Hall–Kier alpha value is -4.15. The summed E-state index contributed by atoms with van der Waals surface area (Å²) in [4.78, 5) is 34.7. The Morgan fingerprint density at radius 1 is 1.15 bits per heavy atom. The molecule has 40 heavy (non-hydrogen) atoms. The van der Waals surface area contributed by atoms with Gasteiger partial charge in [0.2, 0.25) is 0 Å². The standard InChI is InChI=1S/C30H29N3O6S/c1-4-38-29(35)25-18(2)31-30-33(27(25)26-21-8-6-5-7-19(21)9-11-22(26)36-3)28(34)23(40-30)17-20-10-12-24(39-20)32-13-15-37-16-14-32/h5-12,17,27H,4,13-16H2,1-3H3/t27-/m1/s1. The number of fused-ring (bicyclic) bond motifs is 2. The first-order chi connectivity index (χ1) is 19.5. The van der Waals surface area contributed by atoms with Gasteiger partial charge in [-0.05, 0) is 36.8 Å². The average molecular weight is 560 g/mol. The largest absolute Gasteiger partial charge is 0.496 e. The number of nitrogens with zero attached hydrogens (tertiary/aromatic N) is 3. The van der Waals surface area contributed by atoms with Gasteiger partial charge < -0.3 is 23.5 Å². The van der Waals surface area contributed by atoms with Crippen LogP contribution in [0.1, 0.15) is 31.2 Å². The topological polar surface area (TPSA) is 95.5 Å². The molecule has 0 aliphatic carbocycles. The minimum absolute atomic E-state index is 0.198. The van der Waals surface area contributed by atoms with Crippen LogP contribution in [0.5, 0.6) is 5.75 Å². The summed E-state index contributed by atoms with van der Waals surface area (Å²) in [5.41, 5.74) is 1.24. The Balaban J connectivity index is 1.55. The van der Waals surface area contributed by atoms with Crippen molar-refractivity contribution in [3.63, 3.8) is 0 Å². The maximum atomic E-state index is 14.1. The van der Waals surface area contributed by atoms with Crippen molar-refractivity contribution >= 4 is 40.0 Å². The number of allylic oxidation sites excluding steroid dienone is 1. The molecule has 6 rings (SSSR count). The molecule has 1 saturated heterocycles. The van der Waals surface area contributed by atoms with Crippen LogP contribution in [0.3, 0.4) is 0 Å². The Labute approximate surface area is 234 Å². The first-order valence-electron chi connectivity index (χ1n) is 13.2. The van der Waals surface area contributed by atoms with Gasteiger partial charge in [0.1, 0.15) is 17.6 Å². The quantitative estimate of drug-likeness (QED) is 0.334. The third-order valence-corrected chi connectivity index (χ3v) is 8.13. The number of rotatable bonds is 6. The zero-order chi connectivity index (χ0) is 27.8. The normalized spacial score (nSPS) is 17.6. The van der Waals surface area contributed by atoms with Crippen LogP contribution >= 0.6 is 11.3 Å². The fraction of sp³-hybridized carbons (Fsp3) is 0.300. The first kappa shape index (κ1) is 26.1. The molecule has 0 radical (unpaired) electrons. The van der Waals surface area contributed by atoms with Gasteiger partial charge in [-0.1, -0.05) is 41.7 Å². The van der Waals surface area contributed by atoms with Gasteiger partial charge in [-0.2, -0.15) is 0 Å². The first-order valence-corrected chi connectivity index (χ1v) is 14.0. The Kier molecular flexibility index (Phi) is 7.03. The molecular weight excluding hydrogens is 530 g/mol. The summed E-state index contributed by atoms with van der Waals surface area (Å²) in [5.74, 6) is 1.35. The molecular formula is C30H29N3O6S. The maximum Gasteiger partial charge on any atom is 0.338 e. The molecule has 2 aliphatic heterocycles. The van der Waals surface area contributed by atoms with Crippen molar-refractivity contribution in [3.8, 4) is 5.75 Å². The van der Waals surface area contributed by atoms with Gasteiger partial charge >= 0.3 is 5.97 Å². The maximum absolute atomic E-state index is 14.1. The molecule has 0 bridgehead atoms. The number of hydrogen-bond donors (Lipinski definition) is 0. The molecule has 206 valence electrons. The van der Waals surface area contributed by atoms with Gasteiger partial charge in [0.05, 0.1) is 42.7 Å². The second-order valence-corrected chi connectivity index (χ2v) is 10.5. The number of thiazole rings is 1. The van der Waals surface area contributed by atoms with Gasteiger partial charge in [-0.15, -0.1) is 0 Å². The monoisotopic (exact) mass is 559 g/mol. The van der Waals surface area contributed by atoms with Crippen molar-refractivity contribution in [2.24, 2.45) is 4.99 Å². The van der Waals surface area contributed by atoms with Crippen LogP contribution < -0.4 is 24.5 Å². The molecule has 1 atom stereocenters. The van der Waals surface area contributed by atoms with Crippen LogP contribution in [0.15, 0.2) is 74.0 Å². The van der Waals surface area contributed by atoms with Crippen LogP contribution in [0.2, 0.25) is 0 Å². The lowest BCUT2D eigenvalue weighted by molar-refractivity contribution is -0.139. The summed E-state index contributed by atoms with van der Waals surface area (Å²) in [6.07, 6.45) is 1.73. The van der Waals surface area contributed by atoms with Gasteiger partial charge in [0.25, 0.3) is 5.56 Å². The third kappa shape index (κ3) is 4.52. The van der Waals surface area contributed by atoms with E-state index < -0.39 is 12.0 Å². The molecule has 0 saturated carbocycles. The van der Waals surface area contributed by atoms with Crippen molar-refractivity contribution < 1.29 is 23.4 Å². The van der Waals surface area contributed by atoms with Gasteiger partial charge in [-0.25, -0.2) is 9.79 Å². The molecule has 4 heterocycles. The van der Waals surface area contributed by atoms with E-state index >= 15 is 0 Å². The zero-order valence-electron chi connectivity index (χ0n) is 22.5. The third-order valence-electron chi connectivity index (χ3n) is 7.15. The van der Waals surface area contributed by atoms with Gasteiger partial charge in [-0.3, -0.25) is 9.36 Å². The second kappa shape index (κ2) is 10.8. The number of esters is 1. The van der Waals surface area contributed by atoms with Crippen LogP contribution in [0, 0.1) is 0 Å². The van der Waals surface area contributed by atoms with E-state index in [2.05, 4.69) is 4.90 Å². The summed E-state index contributed by atoms with van der Waals surface area (Å²) in [6.45, 7) is 6.52. The van der Waals surface area contributed by atoms with Gasteiger partial charge in [0, 0.05) is 30.8 Å². The second-order valence-electron chi connectivity index (χ2n) is 9.48. The van der Waals surface area contributed by atoms with E-state index in [1.54, 1.807) is 31.6 Å². The summed E-state index contributed by atoms with van der Waals surface area (Å²) in [7, 11) is 1.58. The predicted molar refractivity (Wildman–Crippen MR) is 153 cm³/mol. The summed E-state index contributed by atoms with van der Waals surface area (Å²) in [6, 6.07) is 14.6. The van der Waals surface area contributed by atoms with Crippen molar-refractivity contribution in [3.05, 3.63) is 90.8 Å². The number of anilines is 1. The van der Waals surface area contributed by atoms with E-state index in [4.69, 9.17) is 23.6 Å². The van der Waals surface area contributed by atoms with Crippen LogP contribution in [-0.4, -0.2) is 50.6 Å². The number of carbonyl (C=O) groups is 1. The van der Waals surface area contributed by atoms with E-state index in [0.29, 0.717) is 50.9 Å². The molecule has 2 aliphatic rings. The number of methoxy groups -OCH3 is 1. The summed E-state index contributed by atoms with van der Waals surface area (Å²) >= 11 is 1.26. The number of morpholine rings is 1. The predicted octanol–water partition coefficient (Wildman–Crippen LogP) is 3.39. The summed E-state index contributed by atoms with van der Waals surface area (Å²) in [5, 5.41) is 1.84. The molecule has 4 aromatic rings. The Bertz CT molecular complexity index is 1810. The van der Waals surface area contributed by atoms with E-state index in [0.717, 1.165) is 29.7 Å². The highest BCUT2D eigenvalue weighted by molar-refractivity contribution is 7.07. The van der Waals surface area contributed by atoms with E-state index in [-0.39, 0.29) is 12.2 Å². The fourth-order valence-corrected chi connectivity index (χ4v) is 6.33. The fourth-order valence-electron chi connectivity index (χ4n) is 5.30. The molecule has 0 N–H and O–H groups in total. The molecule has 2 aromatic heterocycles. The number of benzene rings is 2. The molecule has 10 heteroatoms. The molecule has 0 amide bonds. The van der Waals surface area contributed by atoms with Crippen LogP contribution in [0.25, 0.3) is 16.8 Å². The van der Waals surface area contributed by atoms with E-state index in [9.17, 15) is 9.59 Å². The highest BCUT2D eigenvalue weighted by Crippen LogP contribution is 2.40. The molecule has 0 spiro atoms. The number of carbonyl (C=O) groups excluding carboxylic acids is 1. The molecule has 9 nitrogen and oxygen atoms in total. The Morgan fingerprint density at radius 3 is 2.73 bits per heavy atom. The van der Waals surface area contributed by atoms with E-state index in [1.165, 1.54) is 11.3 Å². The minimum atomic E-state index is -0.793. The molecule has 1 fully saturated rings. The number of ether oxygens (including phenoxy) is 3. The Morgan fingerprint density at radius 2 is 1.95 bits per heavy atom. The number of furan rings is 1. The minimum Gasteiger partial charge on any atom is -0.496 e. The van der Waals surface area contributed by atoms with E-state index in [1.807, 2.05) is 48.5 Å². The van der Waals surface area contributed by atoms with Gasteiger partial charge in [0.15, 0.2) is 10.7 Å². The lowest BCUT2D eigenvalue weighted by Crippen LogP contribution is -2.40. The summed E-state index contributed by atoms with van der Waals surface area (Å²) < 4.78 is 24.8. The lowest BCUT2D eigenvalue weighted by atomic mass is 9.90. The van der Waals surface area contributed by atoms with Crippen molar-refractivity contribution in [2.75, 3.05) is 44.9 Å². The molecule has 0 unspecified atom stereocenters.